The van der Waals surface area contributed by atoms with Gasteiger partial charge in [-0.3, -0.25) is 9.59 Å². The molecule has 0 bridgehead atoms. The van der Waals surface area contributed by atoms with Gasteiger partial charge in [-0.25, -0.2) is 4.39 Å². The summed E-state index contributed by atoms with van der Waals surface area (Å²) in [4.78, 5) is 23.6. The molecule has 2 amide bonds. The van der Waals surface area contributed by atoms with Crippen molar-refractivity contribution >= 4 is 68.4 Å². The van der Waals surface area contributed by atoms with Gasteiger partial charge >= 0.3 is 0 Å². The summed E-state index contributed by atoms with van der Waals surface area (Å²) in [5, 5.41) is 21.2. The van der Waals surface area contributed by atoms with E-state index < -0.39 is 17.6 Å². The number of benzene rings is 4. The molecule has 0 saturated carbocycles. The molecule has 0 aliphatic carbocycles. The smallest absolute Gasteiger partial charge is 0.265 e. The van der Waals surface area contributed by atoms with Crippen molar-refractivity contribution in [2.45, 2.75) is 13.8 Å². The standard InChI is InChI=1S/C18H13Cl2N3O.C18H13ClFN3O/c1-9-13-5-10(8-21)6-14(12-4-3-11(19)7-15(12)20)17(13)23(2)16(9)18(22)24;1-9-12-5-10(8-21)6-13(11-3-4-14(19)15(20)7-11)17(12)23(2)16(9)18(22)24/h2*3-7H,1-2H3,(H2,22,24). The Hall–Kier alpha value is -5.32. The molecule has 0 saturated heterocycles. The van der Waals surface area contributed by atoms with Crippen LogP contribution in [0.5, 0.6) is 0 Å². The van der Waals surface area contributed by atoms with Crippen molar-refractivity contribution in [1.29, 1.82) is 10.5 Å². The molecule has 0 unspecified atom stereocenters. The van der Waals surface area contributed by atoms with Crippen molar-refractivity contribution in [3.63, 3.8) is 0 Å². The highest BCUT2D eigenvalue weighted by atomic mass is 35.5. The van der Waals surface area contributed by atoms with E-state index in [9.17, 15) is 24.5 Å². The van der Waals surface area contributed by atoms with Gasteiger partial charge in [-0.1, -0.05) is 46.9 Å². The highest BCUT2D eigenvalue weighted by Gasteiger charge is 2.22. The third-order valence-electron chi connectivity index (χ3n) is 8.26. The second-order valence-electron chi connectivity index (χ2n) is 11.1. The zero-order chi connectivity index (χ0) is 35.2. The Morgan fingerprint density at radius 2 is 1.19 bits per heavy atom. The number of rotatable bonds is 4. The van der Waals surface area contributed by atoms with Crippen LogP contribution in [0.1, 0.15) is 43.2 Å². The summed E-state index contributed by atoms with van der Waals surface area (Å²) in [6.07, 6.45) is 0. The number of hydrogen-bond donors (Lipinski definition) is 2. The molecule has 0 aliphatic rings. The molecule has 8 nitrogen and oxygen atoms in total. The number of carbonyl (C=O) groups is 2. The molecule has 0 aliphatic heterocycles. The summed E-state index contributed by atoms with van der Waals surface area (Å²) < 4.78 is 17.3. The highest BCUT2D eigenvalue weighted by Crippen LogP contribution is 2.39. The number of aromatic nitrogens is 2. The SMILES string of the molecule is Cc1c(C(N)=O)n(C)c2c(-c3ccc(Cl)c(F)c3)cc(C#N)cc12.Cc1c(C(N)=O)n(C)c2c(-c3ccc(Cl)cc3Cl)cc(C#N)cc12. The van der Waals surface area contributed by atoms with Gasteiger partial charge in [0, 0.05) is 51.6 Å². The topological polar surface area (TPSA) is 144 Å². The molecular formula is C36H26Cl3FN6O2. The number of primary amides is 2. The lowest BCUT2D eigenvalue weighted by Crippen LogP contribution is -2.16. The lowest BCUT2D eigenvalue weighted by Gasteiger charge is -2.10. The van der Waals surface area contributed by atoms with Crippen LogP contribution in [0.4, 0.5) is 4.39 Å². The summed E-state index contributed by atoms with van der Waals surface area (Å²) in [6, 6.07) is 20.7. The van der Waals surface area contributed by atoms with E-state index in [0.29, 0.717) is 54.8 Å². The number of fused-ring (bicyclic) bond motifs is 2. The van der Waals surface area contributed by atoms with Crippen LogP contribution in [0, 0.1) is 42.3 Å². The quantitative estimate of drug-likeness (QED) is 0.191. The van der Waals surface area contributed by atoms with Crippen molar-refractivity contribution < 1.29 is 14.0 Å². The van der Waals surface area contributed by atoms with Crippen molar-refractivity contribution in [2.75, 3.05) is 0 Å². The normalized spacial score (nSPS) is 10.8. The molecule has 0 fully saturated rings. The van der Waals surface area contributed by atoms with Gasteiger partial charge in [-0.15, -0.1) is 0 Å². The van der Waals surface area contributed by atoms with E-state index >= 15 is 0 Å². The minimum Gasteiger partial charge on any atom is -0.364 e. The van der Waals surface area contributed by atoms with Gasteiger partial charge in [0.1, 0.15) is 17.2 Å². The predicted molar refractivity (Wildman–Crippen MR) is 188 cm³/mol. The Bertz CT molecular complexity index is 2430. The largest absolute Gasteiger partial charge is 0.364 e. The molecule has 12 heteroatoms. The predicted octanol–water partition coefficient (Wildman–Crippen LogP) is 8.35. The molecule has 2 heterocycles. The van der Waals surface area contributed by atoms with Crippen LogP contribution in [0.3, 0.4) is 0 Å². The monoisotopic (exact) mass is 698 g/mol. The first-order valence-electron chi connectivity index (χ1n) is 14.3. The number of halogens is 4. The second-order valence-corrected chi connectivity index (χ2v) is 12.4. The highest BCUT2D eigenvalue weighted by molar-refractivity contribution is 6.36. The number of amides is 2. The Balaban J connectivity index is 0.000000188. The fourth-order valence-electron chi connectivity index (χ4n) is 6.17. The summed E-state index contributed by atoms with van der Waals surface area (Å²) in [7, 11) is 3.49. The van der Waals surface area contributed by atoms with Gasteiger partial charge in [0.2, 0.25) is 0 Å². The van der Waals surface area contributed by atoms with E-state index in [1.165, 1.54) is 12.1 Å². The first-order chi connectivity index (χ1) is 22.7. The van der Waals surface area contributed by atoms with Gasteiger partial charge < -0.3 is 20.6 Å². The average molecular weight is 700 g/mol. The van der Waals surface area contributed by atoms with Crippen LogP contribution < -0.4 is 11.5 Å². The zero-order valence-corrected chi connectivity index (χ0v) is 28.3. The minimum absolute atomic E-state index is 0.0207. The molecule has 6 aromatic rings. The zero-order valence-electron chi connectivity index (χ0n) is 26.0. The maximum Gasteiger partial charge on any atom is 0.265 e. The molecule has 4 N–H and O–H groups in total. The first kappa shape index (κ1) is 34.0. The van der Waals surface area contributed by atoms with Crippen LogP contribution >= 0.6 is 34.8 Å². The number of nitriles is 2. The Labute approximate surface area is 290 Å². The summed E-state index contributed by atoms with van der Waals surface area (Å²) in [5.41, 5.74) is 18.3. The lowest BCUT2D eigenvalue weighted by atomic mass is 9.98. The lowest BCUT2D eigenvalue weighted by molar-refractivity contribution is 0.0984. The van der Waals surface area contributed by atoms with Crippen LogP contribution in [0.25, 0.3) is 44.1 Å². The van der Waals surface area contributed by atoms with Gasteiger partial charge in [-0.2, -0.15) is 10.5 Å². The number of aryl methyl sites for hydroxylation is 4. The molecule has 2 aromatic heterocycles. The number of nitrogens with zero attached hydrogens (tertiary/aromatic N) is 4. The fraction of sp³-hybridized carbons (Fsp3) is 0.111. The summed E-state index contributed by atoms with van der Waals surface area (Å²) in [6.45, 7) is 3.59. The summed E-state index contributed by atoms with van der Waals surface area (Å²) >= 11 is 18.1. The maximum atomic E-state index is 13.9. The average Bonchev–Trinajstić information content (AvgIpc) is 3.45. The molecule has 0 atom stereocenters. The van der Waals surface area contributed by atoms with E-state index in [2.05, 4.69) is 12.1 Å². The van der Waals surface area contributed by atoms with Crippen LogP contribution in [-0.2, 0) is 14.1 Å². The van der Waals surface area contributed by atoms with E-state index in [1.54, 1.807) is 78.7 Å². The fourth-order valence-corrected chi connectivity index (χ4v) is 6.80. The third kappa shape index (κ3) is 5.85. The van der Waals surface area contributed by atoms with Crippen molar-refractivity contribution in [2.24, 2.45) is 25.6 Å². The molecule has 6 rings (SSSR count). The van der Waals surface area contributed by atoms with Crippen molar-refractivity contribution in [3.8, 4) is 34.4 Å². The molecule has 48 heavy (non-hydrogen) atoms. The van der Waals surface area contributed by atoms with E-state index in [0.717, 1.165) is 33.0 Å². The minimum atomic E-state index is -0.557. The van der Waals surface area contributed by atoms with Gasteiger partial charge in [0.15, 0.2) is 0 Å². The summed E-state index contributed by atoms with van der Waals surface area (Å²) in [5.74, 6) is -1.62. The maximum absolute atomic E-state index is 13.9. The third-order valence-corrected chi connectivity index (χ3v) is 9.11. The van der Waals surface area contributed by atoms with Crippen LogP contribution in [0.15, 0.2) is 60.7 Å². The Kier molecular flexibility index (Phi) is 9.26. The second kappa shape index (κ2) is 13.1. The number of carbonyl (C=O) groups excluding carboxylic acids is 2. The van der Waals surface area contributed by atoms with Crippen molar-refractivity contribution in [1.82, 2.24) is 9.13 Å². The van der Waals surface area contributed by atoms with Gasteiger partial charge in [0.05, 0.1) is 39.3 Å². The van der Waals surface area contributed by atoms with E-state index in [1.807, 2.05) is 6.92 Å². The molecule has 0 spiro atoms. The Morgan fingerprint density at radius 3 is 1.65 bits per heavy atom. The van der Waals surface area contributed by atoms with Gasteiger partial charge in [0.25, 0.3) is 11.8 Å². The number of hydrogen-bond acceptors (Lipinski definition) is 4. The molecular weight excluding hydrogens is 674 g/mol. The van der Waals surface area contributed by atoms with Crippen molar-refractivity contribution in [3.05, 3.63) is 115 Å². The number of nitrogens with two attached hydrogens (primary N) is 2. The van der Waals surface area contributed by atoms with Crippen LogP contribution in [-0.4, -0.2) is 20.9 Å². The van der Waals surface area contributed by atoms with E-state index in [-0.39, 0.29) is 5.02 Å². The van der Waals surface area contributed by atoms with Crippen LogP contribution in [0.2, 0.25) is 15.1 Å². The molecule has 4 aromatic carbocycles. The molecule has 0 radical (unpaired) electrons. The first-order valence-corrected chi connectivity index (χ1v) is 15.4. The molecule has 240 valence electrons. The van der Waals surface area contributed by atoms with Gasteiger partial charge in [-0.05, 0) is 79.1 Å². The van der Waals surface area contributed by atoms with E-state index in [4.69, 9.17) is 46.3 Å². The Morgan fingerprint density at radius 1 is 0.688 bits per heavy atom.